The number of hydrogen-bond donors (Lipinski definition) is 3. The summed E-state index contributed by atoms with van der Waals surface area (Å²) in [5.74, 6) is -0.0577. The summed E-state index contributed by atoms with van der Waals surface area (Å²) in [5, 5.41) is 3.93. The van der Waals surface area contributed by atoms with Gasteiger partial charge < -0.3 is 16.0 Å². The number of nitrogens with one attached hydrogen (secondary N) is 2. The fourth-order valence-corrected chi connectivity index (χ4v) is 2.47. The zero-order valence-corrected chi connectivity index (χ0v) is 13.2. The number of nitrogens with two attached hydrogens (primary N) is 1. The van der Waals surface area contributed by atoms with E-state index in [4.69, 9.17) is 5.73 Å². The number of hydrogen-bond acceptors (Lipinski definition) is 3. The lowest BCUT2D eigenvalue weighted by molar-refractivity contribution is -0.118. The Bertz CT molecular complexity index is 820. The molecule has 1 atom stereocenters. The summed E-state index contributed by atoms with van der Waals surface area (Å²) >= 11 is 0. The molecule has 0 radical (unpaired) electrons. The number of rotatable bonds is 4. The lowest BCUT2D eigenvalue weighted by Crippen LogP contribution is -2.39. The molecule has 5 heteroatoms. The molecule has 2 heterocycles. The van der Waals surface area contributed by atoms with Crippen molar-refractivity contribution in [2.45, 2.75) is 19.9 Å². The van der Waals surface area contributed by atoms with E-state index >= 15 is 0 Å². The molecule has 0 bridgehead atoms. The highest BCUT2D eigenvalue weighted by Gasteiger charge is 2.17. The molecule has 0 unspecified atom stereocenters. The van der Waals surface area contributed by atoms with E-state index in [9.17, 15) is 4.79 Å². The van der Waals surface area contributed by atoms with Crippen LogP contribution in [0.15, 0.2) is 48.8 Å². The monoisotopic (exact) mass is 308 g/mol. The van der Waals surface area contributed by atoms with Gasteiger partial charge in [-0.25, -0.2) is 4.98 Å². The highest BCUT2D eigenvalue weighted by Crippen LogP contribution is 2.27. The minimum atomic E-state index is -0.505. The third-order valence-corrected chi connectivity index (χ3v) is 3.94. The van der Waals surface area contributed by atoms with Gasteiger partial charge in [0.25, 0.3) is 0 Å². The Hall–Kier alpha value is -2.66. The molecule has 0 aliphatic rings. The Labute approximate surface area is 134 Å². The minimum Gasteiger partial charge on any atom is -0.346 e. The van der Waals surface area contributed by atoms with Gasteiger partial charge in [-0.3, -0.25) is 4.79 Å². The number of benzene rings is 1. The lowest BCUT2D eigenvalue weighted by Gasteiger charge is -2.15. The first-order chi connectivity index (χ1) is 11.1. The van der Waals surface area contributed by atoms with Crippen molar-refractivity contribution in [3.05, 3.63) is 48.8 Å². The second kappa shape index (κ2) is 6.22. The van der Waals surface area contributed by atoms with E-state index in [-0.39, 0.29) is 11.8 Å². The van der Waals surface area contributed by atoms with E-state index in [1.54, 1.807) is 6.20 Å². The number of amides is 1. The largest absolute Gasteiger partial charge is 0.346 e. The molecule has 0 spiro atoms. The molecule has 0 aliphatic heterocycles. The average Bonchev–Trinajstić information content (AvgIpc) is 3.03. The molecular weight excluding hydrogens is 288 g/mol. The van der Waals surface area contributed by atoms with Crippen LogP contribution in [0.25, 0.3) is 22.2 Å². The smallest absolute Gasteiger partial charge is 0.241 e. The number of carbonyl (C=O) groups excluding carboxylic acids is 1. The topological polar surface area (TPSA) is 83.8 Å². The molecule has 1 amide bonds. The molecule has 118 valence electrons. The van der Waals surface area contributed by atoms with Crippen LogP contribution in [0.2, 0.25) is 0 Å². The molecule has 23 heavy (non-hydrogen) atoms. The zero-order valence-electron chi connectivity index (χ0n) is 13.2. The highest BCUT2D eigenvalue weighted by molar-refractivity contribution is 5.96. The van der Waals surface area contributed by atoms with Gasteiger partial charge in [-0.15, -0.1) is 0 Å². The van der Waals surface area contributed by atoms with Crippen LogP contribution in [0.4, 0.5) is 5.69 Å². The first-order valence-corrected chi connectivity index (χ1v) is 7.65. The average molecular weight is 308 g/mol. The summed E-state index contributed by atoms with van der Waals surface area (Å²) < 4.78 is 0. The molecular formula is C18H20N4O. The van der Waals surface area contributed by atoms with Crippen LogP contribution in [0, 0.1) is 5.92 Å². The number of carbonyl (C=O) groups is 1. The summed E-state index contributed by atoms with van der Waals surface area (Å²) in [4.78, 5) is 19.4. The third kappa shape index (κ3) is 3.10. The van der Waals surface area contributed by atoms with Crippen molar-refractivity contribution >= 4 is 22.6 Å². The van der Waals surface area contributed by atoms with Gasteiger partial charge in [0.05, 0.1) is 6.04 Å². The maximum absolute atomic E-state index is 12.0. The van der Waals surface area contributed by atoms with Crippen molar-refractivity contribution in [1.29, 1.82) is 0 Å². The van der Waals surface area contributed by atoms with Crippen LogP contribution in [-0.2, 0) is 4.79 Å². The summed E-state index contributed by atoms with van der Waals surface area (Å²) in [6.45, 7) is 3.86. The van der Waals surface area contributed by atoms with Crippen molar-refractivity contribution < 1.29 is 4.79 Å². The maximum Gasteiger partial charge on any atom is 0.241 e. The normalized spacial score (nSPS) is 12.5. The van der Waals surface area contributed by atoms with Gasteiger partial charge in [0.2, 0.25) is 5.91 Å². The Balaban J connectivity index is 1.83. The third-order valence-electron chi connectivity index (χ3n) is 3.94. The van der Waals surface area contributed by atoms with E-state index in [1.807, 2.05) is 56.4 Å². The molecule has 0 fully saturated rings. The van der Waals surface area contributed by atoms with Crippen LogP contribution in [0.1, 0.15) is 13.8 Å². The molecule has 2 aromatic heterocycles. The van der Waals surface area contributed by atoms with E-state index in [2.05, 4.69) is 15.3 Å². The molecule has 3 rings (SSSR count). The van der Waals surface area contributed by atoms with Crippen molar-refractivity contribution in [2.24, 2.45) is 11.7 Å². The molecule has 0 aliphatic carbocycles. The van der Waals surface area contributed by atoms with Crippen LogP contribution >= 0.6 is 0 Å². The lowest BCUT2D eigenvalue weighted by atomic mass is 10.0. The summed E-state index contributed by atoms with van der Waals surface area (Å²) in [5.41, 5.74) is 9.64. The van der Waals surface area contributed by atoms with E-state index < -0.39 is 6.04 Å². The molecule has 4 N–H and O–H groups in total. The van der Waals surface area contributed by atoms with Crippen molar-refractivity contribution in [2.75, 3.05) is 5.32 Å². The second-order valence-electron chi connectivity index (χ2n) is 5.93. The van der Waals surface area contributed by atoms with Gasteiger partial charge in [0.1, 0.15) is 5.65 Å². The quantitative estimate of drug-likeness (QED) is 0.692. The Kier molecular flexibility index (Phi) is 4.12. The molecule has 0 saturated heterocycles. The maximum atomic E-state index is 12.0. The first kappa shape index (κ1) is 15.2. The van der Waals surface area contributed by atoms with Gasteiger partial charge in [-0.05, 0) is 41.3 Å². The Morgan fingerprint density at radius 2 is 1.91 bits per heavy atom. The predicted octanol–water partition coefficient (Wildman–Crippen LogP) is 3.15. The van der Waals surface area contributed by atoms with Gasteiger partial charge in [-0.1, -0.05) is 26.0 Å². The Morgan fingerprint density at radius 1 is 1.17 bits per heavy atom. The fourth-order valence-electron chi connectivity index (χ4n) is 2.47. The van der Waals surface area contributed by atoms with Gasteiger partial charge in [-0.2, -0.15) is 0 Å². The van der Waals surface area contributed by atoms with Crippen molar-refractivity contribution in [1.82, 2.24) is 9.97 Å². The van der Waals surface area contributed by atoms with Crippen molar-refractivity contribution in [3.63, 3.8) is 0 Å². The van der Waals surface area contributed by atoms with Crippen molar-refractivity contribution in [3.8, 4) is 11.1 Å². The van der Waals surface area contributed by atoms with Gasteiger partial charge in [0, 0.05) is 23.5 Å². The van der Waals surface area contributed by atoms with Crippen LogP contribution in [-0.4, -0.2) is 21.9 Å². The SMILES string of the molecule is CC(C)[C@H](N)C(=O)Nc1ccc(-c2ccnc3[nH]ccc23)cc1. The van der Waals surface area contributed by atoms with Crippen LogP contribution in [0.3, 0.4) is 0 Å². The number of H-pyrrole nitrogens is 1. The summed E-state index contributed by atoms with van der Waals surface area (Å²) in [7, 11) is 0. The summed E-state index contributed by atoms with van der Waals surface area (Å²) in [6.07, 6.45) is 3.66. The number of fused-ring (bicyclic) bond motifs is 1. The fraction of sp³-hybridized carbons (Fsp3) is 0.222. The number of nitrogens with zero attached hydrogens (tertiary/aromatic N) is 1. The molecule has 0 saturated carbocycles. The van der Waals surface area contributed by atoms with E-state index in [0.29, 0.717) is 0 Å². The number of aromatic amines is 1. The highest BCUT2D eigenvalue weighted by atomic mass is 16.2. The number of anilines is 1. The zero-order chi connectivity index (χ0) is 16.4. The number of aromatic nitrogens is 2. The second-order valence-corrected chi connectivity index (χ2v) is 5.93. The molecule has 5 nitrogen and oxygen atoms in total. The molecule has 3 aromatic rings. The van der Waals surface area contributed by atoms with Gasteiger partial charge >= 0.3 is 0 Å². The summed E-state index contributed by atoms with van der Waals surface area (Å²) in [6, 6.07) is 11.2. The van der Waals surface area contributed by atoms with E-state index in [0.717, 1.165) is 27.8 Å². The number of pyridine rings is 1. The standard InChI is InChI=1S/C18H20N4O/c1-11(2)16(19)18(23)22-13-5-3-12(4-6-13)14-7-9-20-17-15(14)8-10-21-17/h3-11,16H,19H2,1-2H3,(H,20,21)(H,22,23)/t16-/m0/s1. The predicted molar refractivity (Wildman–Crippen MR) is 93.0 cm³/mol. The van der Waals surface area contributed by atoms with E-state index in [1.165, 1.54) is 0 Å². The van der Waals surface area contributed by atoms with Gasteiger partial charge in [0.15, 0.2) is 0 Å². The Morgan fingerprint density at radius 3 is 2.61 bits per heavy atom. The van der Waals surface area contributed by atoms with Crippen LogP contribution < -0.4 is 11.1 Å². The molecule has 1 aromatic carbocycles. The van der Waals surface area contributed by atoms with Crippen LogP contribution in [0.5, 0.6) is 0 Å². The minimum absolute atomic E-state index is 0.105. The first-order valence-electron chi connectivity index (χ1n) is 7.65.